The summed E-state index contributed by atoms with van der Waals surface area (Å²) in [6.07, 6.45) is 4.13. The van der Waals surface area contributed by atoms with Crippen LogP contribution < -0.4 is 15.4 Å². The van der Waals surface area contributed by atoms with Crippen molar-refractivity contribution in [1.29, 1.82) is 0 Å². The lowest BCUT2D eigenvalue weighted by molar-refractivity contribution is -0.121. The quantitative estimate of drug-likeness (QED) is 0.650. The lowest BCUT2D eigenvalue weighted by Gasteiger charge is -2.06. The summed E-state index contributed by atoms with van der Waals surface area (Å²) in [5.74, 6) is 0.432. The largest absolute Gasteiger partial charge is 0.497 e. The second kappa shape index (κ2) is 11.0. The second-order valence-electron chi connectivity index (χ2n) is 5.87. The van der Waals surface area contributed by atoms with Crippen LogP contribution in [0, 0.1) is 0 Å². The molecule has 2 N–H and O–H groups in total. The summed E-state index contributed by atoms with van der Waals surface area (Å²) in [5, 5.41) is 6.22. The molecule has 0 aliphatic carbocycles. The van der Waals surface area contributed by atoms with Crippen molar-refractivity contribution in [3.05, 3.63) is 70.8 Å². The summed E-state index contributed by atoms with van der Waals surface area (Å²) >= 11 is 5.83. The molecule has 0 saturated heterocycles. The average Bonchev–Trinajstić information content (AvgIpc) is 2.68. The van der Waals surface area contributed by atoms with E-state index in [1.54, 1.807) is 13.2 Å². The molecule has 0 spiro atoms. The van der Waals surface area contributed by atoms with E-state index >= 15 is 0 Å². The van der Waals surface area contributed by atoms with Gasteiger partial charge >= 0.3 is 0 Å². The molecule has 0 heterocycles. The van der Waals surface area contributed by atoms with Crippen molar-refractivity contribution in [2.45, 2.75) is 12.8 Å². The molecule has 0 aliphatic heterocycles. The zero-order valence-electron chi connectivity index (χ0n) is 15.2. The van der Waals surface area contributed by atoms with E-state index < -0.39 is 0 Å². The van der Waals surface area contributed by atoms with Crippen LogP contribution in [0.15, 0.2) is 54.6 Å². The van der Waals surface area contributed by atoms with E-state index in [1.807, 2.05) is 48.5 Å². The van der Waals surface area contributed by atoms with E-state index in [0.717, 1.165) is 23.3 Å². The van der Waals surface area contributed by atoms with Crippen molar-refractivity contribution in [2.24, 2.45) is 0 Å². The SMILES string of the molecule is COc1ccc(/C=C/C(=O)NCCC(=O)NCCc2ccc(Cl)cc2)cc1. The standard InChI is InChI=1S/C21H23ClN2O3/c1-27-19-9-4-16(5-10-19)6-11-20(25)24-15-13-21(26)23-14-12-17-2-7-18(22)8-3-17/h2-11H,12-15H2,1H3,(H,23,26)(H,24,25)/b11-6+. The number of ether oxygens (including phenoxy) is 1. The Balaban J connectivity index is 1.61. The highest BCUT2D eigenvalue weighted by molar-refractivity contribution is 6.30. The number of nitrogens with one attached hydrogen (secondary N) is 2. The Bertz CT molecular complexity index is 771. The number of methoxy groups -OCH3 is 1. The zero-order chi connectivity index (χ0) is 19.5. The Morgan fingerprint density at radius 2 is 1.70 bits per heavy atom. The maximum atomic E-state index is 11.8. The fourth-order valence-electron chi connectivity index (χ4n) is 2.33. The topological polar surface area (TPSA) is 67.4 Å². The van der Waals surface area contributed by atoms with E-state index in [-0.39, 0.29) is 18.2 Å². The summed E-state index contributed by atoms with van der Waals surface area (Å²) < 4.78 is 5.08. The van der Waals surface area contributed by atoms with Gasteiger partial charge in [-0.2, -0.15) is 0 Å². The molecule has 2 rings (SSSR count). The minimum Gasteiger partial charge on any atom is -0.497 e. The summed E-state index contributed by atoms with van der Waals surface area (Å²) in [4.78, 5) is 23.6. The van der Waals surface area contributed by atoms with Gasteiger partial charge in [-0.3, -0.25) is 9.59 Å². The summed E-state index contributed by atoms with van der Waals surface area (Å²) in [6.45, 7) is 0.838. The zero-order valence-corrected chi connectivity index (χ0v) is 16.0. The number of hydrogen-bond donors (Lipinski definition) is 2. The Kier molecular flexibility index (Phi) is 8.39. The number of amides is 2. The number of rotatable bonds is 9. The Morgan fingerprint density at radius 1 is 1.00 bits per heavy atom. The fraction of sp³-hybridized carbons (Fsp3) is 0.238. The molecule has 2 amide bonds. The molecule has 0 aliphatic rings. The number of halogens is 1. The van der Waals surface area contributed by atoms with Crippen LogP contribution in [0.5, 0.6) is 5.75 Å². The Morgan fingerprint density at radius 3 is 2.37 bits per heavy atom. The van der Waals surface area contributed by atoms with Gasteiger partial charge in [0.15, 0.2) is 0 Å². The van der Waals surface area contributed by atoms with Crippen molar-refractivity contribution >= 4 is 29.5 Å². The molecule has 2 aromatic carbocycles. The lowest BCUT2D eigenvalue weighted by Crippen LogP contribution is -2.31. The second-order valence-corrected chi connectivity index (χ2v) is 6.31. The lowest BCUT2D eigenvalue weighted by atomic mass is 10.1. The van der Waals surface area contributed by atoms with Gasteiger partial charge in [-0.15, -0.1) is 0 Å². The van der Waals surface area contributed by atoms with Gasteiger partial charge in [-0.05, 0) is 47.9 Å². The summed E-state index contributed by atoms with van der Waals surface area (Å²) in [6, 6.07) is 14.9. The summed E-state index contributed by atoms with van der Waals surface area (Å²) in [7, 11) is 1.60. The first kappa shape index (κ1) is 20.5. The van der Waals surface area contributed by atoms with Gasteiger partial charge in [0.1, 0.15) is 5.75 Å². The number of carbonyl (C=O) groups excluding carboxylic acids is 2. The highest BCUT2D eigenvalue weighted by Gasteiger charge is 2.02. The Hall–Kier alpha value is -2.79. The van der Waals surface area contributed by atoms with E-state index in [4.69, 9.17) is 16.3 Å². The maximum absolute atomic E-state index is 11.8. The highest BCUT2D eigenvalue weighted by Crippen LogP contribution is 2.12. The molecule has 0 atom stereocenters. The molecule has 0 aromatic heterocycles. The molecular weight excluding hydrogens is 364 g/mol. The van der Waals surface area contributed by atoms with Gasteiger partial charge < -0.3 is 15.4 Å². The van der Waals surface area contributed by atoms with Gasteiger partial charge in [0.2, 0.25) is 11.8 Å². The van der Waals surface area contributed by atoms with Crippen LogP contribution in [0.1, 0.15) is 17.5 Å². The van der Waals surface area contributed by atoms with Crippen LogP contribution in [0.4, 0.5) is 0 Å². The van der Waals surface area contributed by atoms with Crippen molar-refractivity contribution in [3.63, 3.8) is 0 Å². The van der Waals surface area contributed by atoms with Gasteiger partial charge in [0.25, 0.3) is 0 Å². The number of hydrogen-bond acceptors (Lipinski definition) is 3. The fourth-order valence-corrected chi connectivity index (χ4v) is 2.46. The van der Waals surface area contributed by atoms with Crippen LogP contribution in [0.25, 0.3) is 6.08 Å². The number of carbonyl (C=O) groups is 2. The third-order valence-electron chi connectivity index (χ3n) is 3.84. The first-order chi connectivity index (χ1) is 13.1. The normalized spacial score (nSPS) is 10.6. The minimum absolute atomic E-state index is 0.0941. The third kappa shape index (κ3) is 7.96. The van der Waals surface area contributed by atoms with Crippen LogP contribution in [-0.2, 0) is 16.0 Å². The van der Waals surface area contributed by atoms with Gasteiger partial charge in [-0.1, -0.05) is 35.9 Å². The maximum Gasteiger partial charge on any atom is 0.244 e. The monoisotopic (exact) mass is 386 g/mol. The molecule has 0 saturated carbocycles. The van der Waals surface area contributed by atoms with Crippen molar-refractivity contribution < 1.29 is 14.3 Å². The third-order valence-corrected chi connectivity index (χ3v) is 4.10. The molecule has 6 heteroatoms. The van der Waals surface area contributed by atoms with Crippen LogP contribution in [0.3, 0.4) is 0 Å². The molecule has 2 aromatic rings. The van der Waals surface area contributed by atoms with Gasteiger partial charge in [-0.25, -0.2) is 0 Å². The minimum atomic E-state index is -0.236. The average molecular weight is 387 g/mol. The van der Waals surface area contributed by atoms with Gasteiger partial charge in [0.05, 0.1) is 7.11 Å². The molecule has 27 heavy (non-hydrogen) atoms. The molecule has 0 bridgehead atoms. The van der Waals surface area contributed by atoms with Crippen LogP contribution in [-0.4, -0.2) is 32.0 Å². The molecule has 0 radical (unpaired) electrons. The Labute approximate surface area is 164 Å². The molecule has 0 unspecified atom stereocenters. The van der Waals surface area contributed by atoms with Crippen molar-refractivity contribution in [1.82, 2.24) is 10.6 Å². The first-order valence-corrected chi connectivity index (χ1v) is 9.06. The smallest absolute Gasteiger partial charge is 0.244 e. The summed E-state index contributed by atoms with van der Waals surface area (Å²) in [5.41, 5.74) is 2.00. The van der Waals surface area contributed by atoms with E-state index in [1.165, 1.54) is 6.08 Å². The predicted octanol–water partition coefficient (Wildman–Crippen LogP) is 3.23. The van der Waals surface area contributed by atoms with E-state index in [2.05, 4.69) is 10.6 Å². The van der Waals surface area contributed by atoms with E-state index in [0.29, 0.717) is 18.1 Å². The highest BCUT2D eigenvalue weighted by atomic mass is 35.5. The van der Waals surface area contributed by atoms with E-state index in [9.17, 15) is 9.59 Å². The van der Waals surface area contributed by atoms with Crippen molar-refractivity contribution in [2.75, 3.05) is 20.2 Å². The van der Waals surface area contributed by atoms with Crippen LogP contribution >= 0.6 is 11.6 Å². The van der Waals surface area contributed by atoms with Gasteiger partial charge in [0, 0.05) is 30.6 Å². The molecule has 5 nitrogen and oxygen atoms in total. The molecular formula is C21H23ClN2O3. The number of benzene rings is 2. The van der Waals surface area contributed by atoms with Crippen molar-refractivity contribution in [3.8, 4) is 5.75 Å². The van der Waals surface area contributed by atoms with Crippen LogP contribution in [0.2, 0.25) is 5.02 Å². The first-order valence-electron chi connectivity index (χ1n) is 8.68. The molecule has 142 valence electrons. The molecule has 0 fully saturated rings. The predicted molar refractivity (Wildman–Crippen MR) is 108 cm³/mol.